The van der Waals surface area contributed by atoms with Crippen LogP contribution in [0.5, 0.6) is 11.5 Å². The molecule has 0 radical (unpaired) electrons. The summed E-state index contributed by atoms with van der Waals surface area (Å²) < 4.78 is 83.2. The minimum atomic E-state index is -0.713. The average molecular weight is 1390 g/mol. The number of rotatable bonds is 28. The number of hydrogen-bond acceptors (Lipinski definition) is 16. The fourth-order valence-electron chi connectivity index (χ4n) is 11.9. The van der Waals surface area contributed by atoms with Crippen molar-refractivity contribution in [2.75, 3.05) is 107 Å². The van der Waals surface area contributed by atoms with E-state index in [1.54, 1.807) is 28.1 Å². The average Bonchev–Trinajstić information content (AvgIpc) is 1.56. The van der Waals surface area contributed by atoms with Gasteiger partial charge >= 0.3 is 26.2 Å². The van der Waals surface area contributed by atoms with Gasteiger partial charge in [-0.1, -0.05) is 92.5 Å². The first-order chi connectivity index (χ1) is 43.8. The van der Waals surface area contributed by atoms with Gasteiger partial charge in [0.25, 0.3) is 0 Å². The van der Waals surface area contributed by atoms with Crippen LogP contribution in [0.2, 0.25) is 0 Å². The molecule has 0 spiro atoms. The van der Waals surface area contributed by atoms with Gasteiger partial charge in [-0.25, -0.2) is 9.59 Å². The topological polar surface area (TPSA) is 163 Å². The van der Waals surface area contributed by atoms with Gasteiger partial charge in [-0.3, -0.25) is 0 Å². The summed E-state index contributed by atoms with van der Waals surface area (Å²) in [5.74, 6) is 0.0249. The van der Waals surface area contributed by atoms with E-state index in [0.717, 1.165) is 53.3 Å². The lowest BCUT2D eigenvalue weighted by molar-refractivity contribution is 0.00578. The summed E-state index contributed by atoms with van der Waals surface area (Å²) in [5.41, 5.74) is 10.3. The van der Waals surface area contributed by atoms with Gasteiger partial charge in [0.2, 0.25) is 0 Å². The molecular formula is C72H88B2Br2O16. The van der Waals surface area contributed by atoms with Crippen molar-refractivity contribution in [3.8, 4) is 33.8 Å². The minimum Gasteiger partial charge on any atom is -0.490 e. The quantitative estimate of drug-likeness (QED) is 0.0259. The maximum absolute atomic E-state index is 13.6. The van der Waals surface area contributed by atoms with E-state index in [1.807, 2.05) is 36.4 Å². The molecule has 0 unspecified atom stereocenters. The van der Waals surface area contributed by atoms with Crippen LogP contribution < -0.4 is 20.4 Å². The van der Waals surface area contributed by atoms with Crippen LogP contribution in [0.15, 0.2) is 118 Å². The number of halogens is 2. The SMILES string of the molecule is CCOC(=O)c1cc(C2(C)c3cc(B4OC(C)(C)C(C)(C)O4)ccc3-c3ccc(B4OC(C)(C)C(C)(C)O4)cc32)ccc1OCCOCCOCCOC.CCOC(=O)c1cc(C2(C)c3cc(Br)ccc3-c3ccc(Br)cc32)ccc1OCCOCCOCCOC. The van der Waals surface area contributed by atoms with Crippen LogP contribution in [0, 0.1) is 0 Å². The van der Waals surface area contributed by atoms with E-state index in [0.29, 0.717) is 95.3 Å². The van der Waals surface area contributed by atoms with Gasteiger partial charge < -0.3 is 66.0 Å². The Balaban J connectivity index is 0.000000231. The zero-order valence-corrected chi connectivity index (χ0v) is 58.9. The fourth-order valence-corrected chi connectivity index (χ4v) is 12.7. The van der Waals surface area contributed by atoms with Crippen LogP contribution in [0.1, 0.15) is 137 Å². The Morgan fingerprint density at radius 1 is 0.391 bits per heavy atom. The van der Waals surface area contributed by atoms with Gasteiger partial charge in [-0.05, 0) is 198 Å². The molecule has 0 N–H and O–H groups in total. The number of esters is 2. The Morgan fingerprint density at radius 2 is 0.696 bits per heavy atom. The molecule has 2 aliphatic heterocycles. The third kappa shape index (κ3) is 15.0. The first-order valence-electron chi connectivity index (χ1n) is 31.6. The second-order valence-electron chi connectivity index (χ2n) is 25.4. The smallest absolute Gasteiger partial charge is 0.490 e. The van der Waals surface area contributed by atoms with E-state index in [9.17, 15) is 9.59 Å². The largest absolute Gasteiger partial charge is 0.494 e. The third-order valence-corrected chi connectivity index (χ3v) is 19.5. The molecule has 0 bridgehead atoms. The second kappa shape index (κ2) is 30.1. The number of carbonyl (C=O) groups excluding carboxylic acids is 2. The lowest BCUT2D eigenvalue weighted by atomic mass is 9.69. The number of benzene rings is 6. The highest BCUT2D eigenvalue weighted by Crippen LogP contribution is 2.55. The van der Waals surface area contributed by atoms with Crippen molar-refractivity contribution in [1.29, 1.82) is 0 Å². The van der Waals surface area contributed by atoms with E-state index in [1.165, 1.54) is 22.3 Å². The molecule has 6 aromatic carbocycles. The van der Waals surface area contributed by atoms with Crippen LogP contribution in [-0.4, -0.2) is 155 Å². The molecule has 0 aromatic heterocycles. The molecule has 2 fully saturated rings. The number of hydrogen-bond donors (Lipinski definition) is 0. The highest BCUT2D eigenvalue weighted by molar-refractivity contribution is 9.10. The van der Waals surface area contributed by atoms with Crippen molar-refractivity contribution >= 4 is 69.0 Å². The highest BCUT2D eigenvalue weighted by atomic mass is 79.9. The van der Waals surface area contributed by atoms with E-state index in [4.69, 9.17) is 66.0 Å². The summed E-state index contributed by atoms with van der Waals surface area (Å²) in [4.78, 5) is 26.6. The zero-order valence-electron chi connectivity index (χ0n) is 55.7. The second-order valence-corrected chi connectivity index (χ2v) is 27.2. The van der Waals surface area contributed by atoms with Gasteiger partial charge in [0.05, 0.1) is 102 Å². The van der Waals surface area contributed by atoms with Crippen molar-refractivity contribution in [3.05, 3.63) is 163 Å². The Bertz CT molecular complexity index is 3400. The molecule has 4 aliphatic rings. The van der Waals surface area contributed by atoms with Crippen molar-refractivity contribution in [2.24, 2.45) is 0 Å². The van der Waals surface area contributed by atoms with Gasteiger partial charge in [-0.15, -0.1) is 0 Å². The molecule has 0 atom stereocenters. The lowest BCUT2D eigenvalue weighted by Gasteiger charge is -2.32. The number of methoxy groups -OCH3 is 2. The Labute approximate surface area is 560 Å². The molecule has 6 aromatic rings. The predicted molar refractivity (Wildman–Crippen MR) is 365 cm³/mol. The molecular weight excluding hydrogens is 1300 g/mol. The molecule has 10 rings (SSSR count). The molecule has 2 aliphatic carbocycles. The monoisotopic (exact) mass is 1390 g/mol. The van der Waals surface area contributed by atoms with Gasteiger partial charge in [0.1, 0.15) is 35.8 Å². The van der Waals surface area contributed by atoms with Crippen LogP contribution in [0.4, 0.5) is 0 Å². The molecule has 16 nitrogen and oxygen atoms in total. The first-order valence-corrected chi connectivity index (χ1v) is 33.2. The number of fused-ring (bicyclic) bond motifs is 6. The predicted octanol–water partition coefficient (Wildman–Crippen LogP) is 12.6. The van der Waals surface area contributed by atoms with E-state index in [-0.39, 0.29) is 19.8 Å². The maximum Gasteiger partial charge on any atom is 0.494 e. The number of carbonyl (C=O) groups is 2. The van der Waals surface area contributed by atoms with Crippen LogP contribution in [-0.2, 0) is 67.3 Å². The Hall–Kier alpha value is -5.45. The third-order valence-electron chi connectivity index (χ3n) is 18.5. The summed E-state index contributed by atoms with van der Waals surface area (Å²) in [7, 11) is 2.19. The summed E-state index contributed by atoms with van der Waals surface area (Å²) in [6.45, 7) is 30.2. The van der Waals surface area contributed by atoms with Crippen molar-refractivity contribution < 1.29 is 75.6 Å². The molecule has 0 saturated carbocycles. The highest BCUT2D eigenvalue weighted by Gasteiger charge is 2.54. The molecule has 0 amide bonds. The zero-order chi connectivity index (χ0) is 66.2. The van der Waals surface area contributed by atoms with Gasteiger partial charge in [0.15, 0.2) is 0 Å². The Morgan fingerprint density at radius 3 is 1.02 bits per heavy atom. The van der Waals surface area contributed by atoms with Crippen LogP contribution in [0.3, 0.4) is 0 Å². The van der Waals surface area contributed by atoms with Crippen molar-refractivity contribution in [2.45, 2.75) is 116 Å². The van der Waals surface area contributed by atoms with Gasteiger partial charge in [0, 0.05) is 34.0 Å². The summed E-state index contributed by atoms with van der Waals surface area (Å²) >= 11 is 7.30. The first kappa shape index (κ1) is 70.9. The van der Waals surface area contributed by atoms with E-state index < -0.39 is 59.4 Å². The molecule has 2 saturated heterocycles. The number of ether oxygens (including phenoxy) is 10. The summed E-state index contributed by atoms with van der Waals surface area (Å²) in [6.07, 6.45) is 0. The molecule has 92 heavy (non-hydrogen) atoms. The van der Waals surface area contributed by atoms with E-state index >= 15 is 0 Å². The Kier molecular flexibility index (Phi) is 23.2. The normalized spacial score (nSPS) is 17.1. The molecule has 2 heterocycles. The van der Waals surface area contributed by atoms with Gasteiger partial charge in [-0.2, -0.15) is 0 Å². The lowest BCUT2D eigenvalue weighted by Crippen LogP contribution is -2.41. The van der Waals surface area contributed by atoms with Crippen molar-refractivity contribution in [3.63, 3.8) is 0 Å². The minimum absolute atomic E-state index is 0.229. The summed E-state index contributed by atoms with van der Waals surface area (Å²) in [6, 6.07) is 37.2. The van der Waals surface area contributed by atoms with Crippen LogP contribution in [0.25, 0.3) is 22.3 Å². The molecule has 492 valence electrons. The maximum atomic E-state index is 13.6. The van der Waals surface area contributed by atoms with Crippen LogP contribution >= 0.6 is 31.9 Å². The van der Waals surface area contributed by atoms with E-state index in [2.05, 4.69) is 174 Å². The summed E-state index contributed by atoms with van der Waals surface area (Å²) in [5, 5.41) is 0. The molecule has 20 heteroatoms. The van der Waals surface area contributed by atoms with Crippen molar-refractivity contribution in [1.82, 2.24) is 0 Å². The standard InChI is InChI=1S/C42H56B2O10.C30H32Br2O6/c1-12-49-37(45)33-25-28(13-18-36(33)50-24-23-48-22-21-47-20-19-46-11)42(10)34-26-29(43-51-38(2,3)39(4,5)52-43)14-16-31(34)32-17-15-30(27-35(32)42)44-53-40(6,7)41(8,9)54-44;1-4-37-29(33)25-17-20(5-10-28(25)38-16-15-36-14-13-35-12-11-34-3)30(2)26-18-21(31)6-8-23(26)24-9-7-22(32)19-27(24)30/h13-18,25-27H,12,19-24H2,1-11H3;5-10,17-19H,4,11-16H2,1-3H3. The fraction of sp³-hybridized carbons (Fsp3) is 0.472.